The van der Waals surface area contributed by atoms with Crippen molar-refractivity contribution in [3.05, 3.63) is 35.1 Å². The molecule has 0 amide bonds. The van der Waals surface area contributed by atoms with Gasteiger partial charge in [-0.25, -0.2) is 4.39 Å². The highest BCUT2D eigenvalue weighted by atomic mass is 19.1. The van der Waals surface area contributed by atoms with E-state index in [0.29, 0.717) is 18.4 Å². The number of aliphatic hydroxyl groups is 1. The second-order valence-electron chi connectivity index (χ2n) is 4.91. The van der Waals surface area contributed by atoms with Gasteiger partial charge in [0.2, 0.25) is 0 Å². The summed E-state index contributed by atoms with van der Waals surface area (Å²) >= 11 is 0. The Labute approximate surface area is 100 Å². The lowest BCUT2D eigenvalue weighted by molar-refractivity contribution is -0.136. The molecule has 2 nitrogen and oxygen atoms in total. The van der Waals surface area contributed by atoms with Gasteiger partial charge in [0.25, 0.3) is 0 Å². The van der Waals surface area contributed by atoms with Crippen LogP contribution in [0.15, 0.2) is 18.2 Å². The second kappa shape index (κ2) is 4.57. The van der Waals surface area contributed by atoms with Crippen LogP contribution in [0.25, 0.3) is 0 Å². The zero-order valence-corrected chi connectivity index (χ0v) is 10.0. The Kier molecular flexibility index (Phi) is 3.29. The van der Waals surface area contributed by atoms with Crippen molar-refractivity contribution in [3.8, 4) is 0 Å². The summed E-state index contributed by atoms with van der Waals surface area (Å²) in [6, 6.07) is 4.43. The van der Waals surface area contributed by atoms with Crippen LogP contribution in [0.4, 0.5) is 4.39 Å². The first-order chi connectivity index (χ1) is 8.01. The Balaban J connectivity index is 2.15. The fraction of sp³-hybridized carbons (Fsp3) is 0.500. The van der Waals surface area contributed by atoms with Gasteiger partial charge in [0.15, 0.2) is 5.78 Å². The minimum Gasteiger partial charge on any atom is -0.382 e. The quantitative estimate of drug-likeness (QED) is 0.875. The number of aryl methyl sites for hydroxylation is 1. The first-order valence-electron chi connectivity index (χ1n) is 6.02. The average molecular weight is 236 g/mol. The topological polar surface area (TPSA) is 37.3 Å². The number of rotatable bonds is 3. The number of Topliss-reactive ketones (excluding diaryl/α,β-unsaturated/α-hetero) is 1. The van der Waals surface area contributed by atoms with E-state index in [9.17, 15) is 14.3 Å². The van der Waals surface area contributed by atoms with E-state index in [0.717, 1.165) is 18.4 Å². The minimum absolute atomic E-state index is 0.125. The van der Waals surface area contributed by atoms with E-state index in [4.69, 9.17) is 0 Å². The Hall–Kier alpha value is -1.22. The van der Waals surface area contributed by atoms with Crippen molar-refractivity contribution >= 4 is 5.78 Å². The second-order valence-corrected chi connectivity index (χ2v) is 4.91. The molecule has 1 aromatic rings. The summed E-state index contributed by atoms with van der Waals surface area (Å²) in [7, 11) is 0. The van der Waals surface area contributed by atoms with Crippen molar-refractivity contribution in [1.82, 2.24) is 0 Å². The monoisotopic (exact) mass is 236 g/mol. The van der Waals surface area contributed by atoms with Crippen molar-refractivity contribution in [2.75, 3.05) is 0 Å². The third-order valence-electron chi connectivity index (χ3n) is 3.61. The summed E-state index contributed by atoms with van der Waals surface area (Å²) in [5.41, 5.74) is 0.398. The lowest BCUT2D eigenvalue weighted by Crippen LogP contribution is -2.36. The van der Waals surface area contributed by atoms with Gasteiger partial charge in [-0.05, 0) is 55.9 Å². The molecule has 2 rings (SSSR count). The lowest BCUT2D eigenvalue weighted by atomic mass is 9.90. The summed E-state index contributed by atoms with van der Waals surface area (Å²) in [4.78, 5) is 12.0. The molecule has 0 spiro atoms. The molecule has 1 aliphatic carbocycles. The zero-order valence-electron chi connectivity index (χ0n) is 10.0. The number of ketones is 1. The molecule has 1 aromatic carbocycles. The summed E-state index contributed by atoms with van der Waals surface area (Å²) < 4.78 is 13.1. The third kappa shape index (κ3) is 2.55. The fourth-order valence-electron chi connectivity index (χ4n) is 2.41. The predicted octanol–water partition coefficient (Wildman–Crippen LogP) is 2.55. The molecule has 1 N–H and O–H groups in total. The van der Waals surface area contributed by atoms with Gasteiger partial charge >= 0.3 is 0 Å². The maximum atomic E-state index is 13.1. The fourth-order valence-corrected chi connectivity index (χ4v) is 2.41. The van der Waals surface area contributed by atoms with Crippen molar-refractivity contribution < 1.29 is 14.3 Å². The summed E-state index contributed by atoms with van der Waals surface area (Å²) in [6.45, 7) is 1.85. The average Bonchev–Trinajstić information content (AvgIpc) is 2.72. The van der Waals surface area contributed by atoms with E-state index in [2.05, 4.69) is 0 Å². The van der Waals surface area contributed by atoms with Gasteiger partial charge in [-0.15, -0.1) is 0 Å². The smallest absolute Gasteiger partial charge is 0.168 e. The molecule has 0 radical (unpaired) electrons. The van der Waals surface area contributed by atoms with Crippen LogP contribution < -0.4 is 0 Å². The molecule has 92 valence electrons. The largest absolute Gasteiger partial charge is 0.382 e. The van der Waals surface area contributed by atoms with Crippen LogP contribution >= 0.6 is 0 Å². The summed E-state index contributed by atoms with van der Waals surface area (Å²) in [5.74, 6) is -0.513. The van der Waals surface area contributed by atoms with Crippen molar-refractivity contribution in [1.29, 1.82) is 0 Å². The highest BCUT2D eigenvalue weighted by molar-refractivity contribution is 5.89. The molecule has 1 fully saturated rings. The third-order valence-corrected chi connectivity index (χ3v) is 3.61. The van der Waals surface area contributed by atoms with Crippen LogP contribution in [0, 0.1) is 12.7 Å². The highest BCUT2D eigenvalue weighted by Crippen LogP contribution is 2.31. The molecular formula is C14H17FO2. The molecular weight excluding hydrogens is 219 g/mol. The molecule has 0 unspecified atom stereocenters. The number of carbonyl (C=O) groups excluding carboxylic acids is 1. The van der Waals surface area contributed by atoms with Crippen LogP contribution in [0.3, 0.4) is 0 Å². The van der Waals surface area contributed by atoms with E-state index < -0.39 is 5.60 Å². The van der Waals surface area contributed by atoms with E-state index in [1.54, 1.807) is 6.07 Å². The molecule has 3 heteroatoms. The standard InChI is InChI=1S/C14H17FO2/c1-10-4-5-12(15)8-11(10)9-13(16)14(17)6-2-3-7-14/h4-5,8,17H,2-3,6-7,9H2,1H3. The maximum Gasteiger partial charge on any atom is 0.168 e. The van der Waals surface area contributed by atoms with Gasteiger partial charge in [-0.3, -0.25) is 4.79 Å². The Morgan fingerprint density at radius 2 is 2.06 bits per heavy atom. The number of carbonyl (C=O) groups is 1. The lowest BCUT2D eigenvalue weighted by Gasteiger charge is -2.20. The minimum atomic E-state index is -1.17. The number of benzene rings is 1. The number of hydrogen-bond acceptors (Lipinski definition) is 2. The van der Waals surface area contributed by atoms with Crippen LogP contribution in [0.2, 0.25) is 0 Å². The van der Waals surface area contributed by atoms with Gasteiger partial charge in [0, 0.05) is 6.42 Å². The molecule has 0 bridgehead atoms. The summed E-state index contributed by atoms with van der Waals surface area (Å²) in [6.07, 6.45) is 3.00. The summed E-state index contributed by atoms with van der Waals surface area (Å²) in [5, 5.41) is 10.1. The highest BCUT2D eigenvalue weighted by Gasteiger charge is 2.38. The Morgan fingerprint density at radius 3 is 2.71 bits per heavy atom. The molecule has 17 heavy (non-hydrogen) atoms. The number of hydrogen-bond donors (Lipinski definition) is 1. The molecule has 1 aliphatic rings. The SMILES string of the molecule is Cc1ccc(F)cc1CC(=O)C1(O)CCCC1. The van der Waals surface area contributed by atoms with Gasteiger partial charge in [0.05, 0.1) is 0 Å². The van der Waals surface area contributed by atoms with Crippen molar-refractivity contribution in [2.45, 2.75) is 44.6 Å². The van der Waals surface area contributed by atoms with Crippen molar-refractivity contribution in [3.63, 3.8) is 0 Å². The van der Waals surface area contributed by atoms with Crippen LogP contribution in [0.1, 0.15) is 36.8 Å². The van der Waals surface area contributed by atoms with Crippen molar-refractivity contribution in [2.24, 2.45) is 0 Å². The van der Waals surface area contributed by atoms with E-state index in [1.807, 2.05) is 6.92 Å². The number of halogens is 1. The Bertz CT molecular complexity index is 434. The molecule has 0 heterocycles. The van der Waals surface area contributed by atoms with Crippen LogP contribution in [0.5, 0.6) is 0 Å². The molecule has 0 aromatic heterocycles. The van der Waals surface area contributed by atoms with Crippen LogP contribution in [-0.4, -0.2) is 16.5 Å². The van der Waals surface area contributed by atoms with Gasteiger partial charge in [-0.1, -0.05) is 6.07 Å². The Morgan fingerprint density at radius 1 is 1.41 bits per heavy atom. The van der Waals surface area contributed by atoms with Gasteiger partial charge < -0.3 is 5.11 Å². The van der Waals surface area contributed by atoms with Gasteiger partial charge in [-0.2, -0.15) is 0 Å². The normalized spacial score (nSPS) is 18.3. The van der Waals surface area contributed by atoms with E-state index in [-0.39, 0.29) is 18.0 Å². The predicted molar refractivity (Wildman–Crippen MR) is 63.3 cm³/mol. The first kappa shape index (κ1) is 12.2. The zero-order chi connectivity index (χ0) is 12.5. The van der Waals surface area contributed by atoms with Gasteiger partial charge in [0.1, 0.15) is 11.4 Å². The van der Waals surface area contributed by atoms with E-state index in [1.165, 1.54) is 12.1 Å². The molecule has 0 saturated heterocycles. The maximum absolute atomic E-state index is 13.1. The molecule has 1 saturated carbocycles. The molecule has 0 aliphatic heterocycles. The van der Waals surface area contributed by atoms with Crippen LogP contribution in [-0.2, 0) is 11.2 Å². The van der Waals surface area contributed by atoms with E-state index >= 15 is 0 Å². The first-order valence-corrected chi connectivity index (χ1v) is 6.02. The molecule has 0 atom stereocenters.